The summed E-state index contributed by atoms with van der Waals surface area (Å²) in [6, 6.07) is 22.5. The molecule has 1 aromatic heterocycles. The second-order valence-electron chi connectivity index (χ2n) is 8.06. The van der Waals surface area contributed by atoms with E-state index in [2.05, 4.69) is 5.10 Å². The Labute approximate surface area is 197 Å². The van der Waals surface area contributed by atoms with Crippen molar-refractivity contribution in [1.29, 1.82) is 0 Å². The number of nitrogens with zero attached hydrogens (tertiary/aromatic N) is 3. The van der Waals surface area contributed by atoms with E-state index in [-0.39, 0.29) is 18.0 Å². The number of ether oxygens (including phenoxy) is 2. The minimum absolute atomic E-state index is 0.158. The molecule has 7 nitrogen and oxygen atoms in total. The van der Waals surface area contributed by atoms with Crippen LogP contribution in [-0.2, 0) is 11.3 Å². The fourth-order valence-electron chi connectivity index (χ4n) is 4.18. The van der Waals surface area contributed by atoms with Crippen molar-refractivity contribution in [3.63, 3.8) is 0 Å². The van der Waals surface area contributed by atoms with Crippen molar-refractivity contribution in [3.05, 3.63) is 83.2 Å². The molecule has 0 fully saturated rings. The summed E-state index contributed by atoms with van der Waals surface area (Å²) in [5.74, 6) is 1.14. The molecule has 7 heteroatoms. The van der Waals surface area contributed by atoms with Gasteiger partial charge in [0.1, 0.15) is 6.54 Å². The van der Waals surface area contributed by atoms with Crippen LogP contribution in [-0.4, -0.2) is 35.4 Å². The van der Waals surface area contributed by atoms with E-state index in [0.717, 1.165) is 28.4 Å². The molecule has 0 N–H and O–H groups in total. The number of aromatic nitrogens is 2. The molecule has 1 aliphatic heterocycles. The highest BCUT2D eigenvalue weighted by molar-refractivity contribution is 6.03. The molecule has 0 atom stereocenters. The van der Waals surface area contributed by atoms with E-state index in [1.807, 2.05) is 67.6 Å². The summed E-state index contributed by atoms with van der Waals surface area (Å²) in [5.41, 5.74) is 1.85. The smallest absolute Gasteiger partial charge is 0.267 e. The number of hydrogen-bond donors (Lipinski definition) is 0. The molecule has 2 heterocycles. The van der Waals surface area contributed by atoms with Gasteiger partial charge in [0.05, 0.1) is 24.6 Å². The van der Waals surface area contributed by atoms with Crippen LogP contribution in [0.5, 0.6) is 11.5 Å². The Morgan fingerprint density at radius 1 is 0.971 bits per heavy atom. The summed E-state index contributed by atoms with van der Waals surface area (Å²) >= 11 is 0. The molecule has 0 spiro atoms. The Hall–Kier alpha value is -4.13. The Bertz CT molecular complexity index is 1410. The summed E-state index contributed by atoms with van der Waals surface area (Å²) in [6.07, 6.45) is 0.819. The minimum Gasteiger partial charge on any atom is -0.490 e. The van der Waals surface area contributed by atoms with Gasteiger partial charge in [-0.25, -0.2) is 4.68 Å². The molecule has 0 saturated heterocycles. The molecule has 172 valence electrons. The van der Waals surface area contributed by atoms with E-state index < -0.39 is 0 Å². The van der Waals surface area contributed by atoms with Crippen LogP contribution in [0.25, 0.3) is 22.0 Å². The van der Waals surface area contributed by atoms with Crippen LogP contribution in [0, 0.1) is 0 Å². The van der Waals surface area contributed by atoms with Crippen molar-refractivity contribution < 1.29 is 14.3 Å². The highest BCUT2D eigenvalue weighted by Gasteiger charge is 2.19. The second kappa shape index (κ2) is 9.39. The van der Waals surface area contributed by atoms with Gasteiger partial charge in [-0.2, -0.15) is 5.10 Å². The summed E-state index contributed by atoms with van der Waals surface area (Å²) in [4.78, 5) is 27.6. The van der Waals surface area contributed by atoms with Crippen LogP contribution in [0.3, 0.4) is 0 Å². The second-order valence-corrected chi connectivity index (χ2v) is 8.06. The fraction of sp³-hybridized carbons (Fsp3) is 0.222. The average molecular weight is 456 g/mol. The maximum atomic E-state index is 13.3. The molecule has 0 bridgehead atoms. The lowest BCUT2D eigenvalue weighted by molar-refractivity contribution is -0.119. The van der Waals surface area contributed by atoms with E-state index in [9.17, 15) is 9.59 Å². The van der Waals surface area contributed by atoms with Crippen LogP contribution in [0.4, 0.5) is 5.69 Å². The topological polar surface area (TPSA) is 73.7 Å². The Morgan fingerprint density at radius 3 is 2.62 bits per heavy atom. The largest absolute Gasteiger partial charge is 0.490 e. The van der Waals surface area contributed by atoms with Gasteiger partial charge < -0.3 is 14.4 Å². The van der Waals surface area contributed by atoms with E-state index in [4.69, 9.17) is 9.47 Å². The first-order chi connectivity index (χ1) is 16.6. The van der Waals surface area contributed by atoms with Crippen LogP contribution in [0.2, 0.25) is 0 Å². The summed E-state index contributed by atoms with van der Waals surface area (Å²) in [5, 5.41) is 6.53. The highest BCUT2D eigenvalue weighted by Crippen LogP contribution is 2.33. The van der Waals surface area contributed by atoms with Crippen molar-refractivity contribution in [3.8, 4) is 22.8 Å². The van der Waals surface area contributed by atoms with Crippen LogP contribution >= 0.6 is 0 Å². The Morgan fingerprint density at radius 2 is 1.76 bits per heavy atom. The first-order valence-corrected chi connectivity index (χ1v) is 11.4. The molecule has 0 unspecified atom stereocenters. The van der Waals surface area contributed by atoms with Gasteiger partial charge in [-0.15, -0.1) is 0 Å². The quantitative estimate of drug-likeness (QED) is 0.449. The average Bonchev–Trinajstić information content (AvgIpc) is 3.11. The monoisotopic (exact) mass is 455 g/mol. The molecular formula is C27H25N3O4. The van der Waals surface area contributed by atoms with Gasteiger partial charge in [0.2, 0.25) is 5.91 Å². The molecule has 0 saturated carbocycles. The third-order valence-electron chi connectivity index (χ3n) is 5.87. The van der Waals surface area contributed by atoms with Gasteiger partial charge in [-0.1, -0.05) is 36.4 Å². The number of anilines is 1. The van der Waals surface area contributed by atoms with Crippen molar-refractivity contribution in [1.82, 2.24) is 9.78 Å². The van der Waals surface area contributed by atoms with Crippen molar-refractivity contribution >= 4 is 22.4 Å². The van der Waals surface area contributed by atoms with Crippen molar-refractivity contribution in [2.45, 2.75) is 19.9 Å². The Balaban J connectivity index is 1.44. The molecule has 34 heavy (non-hydrogen) atoms. The van der Waals surface area contributed by atoms with Crippen LogP contribution < -0.4 is 19.9 Å². The van der Waals surface area contributed by atoms with Gasteiger partial charge in [0.25, 0.3) is 5.56 Å². The van der Waals surface area contributed by atoms with Gasteiger partial charge in [-0.05, 0) is 42.6 Å². The van der Waals surface area contributed by atoms with Crippen molar-refractivity contribution in [2.75, 3.05) is 24.7 Å². The molecule has 1 aliphatic rings. The third-order valence-corrected chi connectivity index (χ3v) is 5.87. The van der Waals surface area contributed by atoms with Gasteiger partial charge >= 0.3 is 0 Å². The third kappa shape index (κ3) is 4.24. The predicted molar refractivity (Wildman–Crippen MR) is 132 cm³/mol. The van der Waals surface area contributed by atoms with E-state index in [1.165, 1.54) is 10.7 Å². The maximum absolute atomic E-state index is 13.3. The molecule has 0 radical (unpaired) electrons. The SMILES string of the molecule is CCN(C(=O)Cn1nc(-c2ccc3c(c2)OCCCO3)ccc1=O)c1cccc2ccccc12. The lowest BCUT2D eigenvalue weighted by Crippen LogP contribution is -2.37. The zero-order valence-corrected chi connectivity index (χ0v) is 18.9. The number of rotatable bonds is 5. The van der Waals surface area contributed by atoms with Gasteiger partial charge in [0, 0.05) is 30.0 Å². The fourth-order valence-corrected chi connectivity index (χ4v) is 4.18. The molecule has 3 aromatic carbocycles. The van der Waals surface area contributed by atoms with Gasteiger partial charge in [0.15, 0.2) is 11.5 Å². The lowest BCUT2D eigenvalue weighted by Gasteiger charge is -2.23. The maximum Gasteiger partial charge on any atom is 0.267 e. The first-order valence-electron chi connectivity index (χ1n) is 11.4. The van der Waals surface area contributed by atoms with Gasteiger partial charge in [-0.3, -0.25) is 9.59 Å². The van der Waals surface area contributed by atoms with E-state index in [1.54, 1.807) is 11.0 Å². The standard InChI is InChI=1S/C27H25N3O4/c1-2-29(23-10-5-8-19-7-3-4-9-21(19)23)27(32)18-30-26(31)14-12-22(28-30)20-11-13-24-25(17-20)34-16-6-15-33-24/h3-5,7-14,17H,2,6,15-16,18H2,1H3. The number of amides is 1. The minimum atomic E-state index is -0.333. The number of carbonyl (C=O) groups is 1. The molecular weight excluding hydrogens is 430 g/mol. The van der Waals surface area contributed by atoms with E-state index >= 15 is 0 Å². The summed E-state index contributed by atoms with van der Waals surface area (Å²) in [7, 11) is 0. The Kier molecular flexibility index (Phi) is 5.99. The van der Waals surface area contributed by atoms with E-state index in [0.29, 0.717) is 37.0 Å². The lowest BCUT2D eigenvalue weighted by atomic mass is 10.1. The number of carbonyl (C=O) groups excluding carboxylic acids is 1. The van der Waals surface area contributed by atoms with Crippen LogP contribution in [0.1, 0.15) is 13.3 Å². The molecule has 5 rings (SSSR count). The number of hydrogen-bond acceptors (Lipinski definition) is 5. The number of benzene rings is 3. The molecule has 1 amide bonds. The first kappa shape index (κ1) is 21.7. The normalized spacial score (nSPS) is 12.9. The summed E-state index contributed by atoms with van der Waals surface area (Å²) in [6.45, 7) is 3.43. The zero-order chi connectivity index (χ0) is 23.5. The van der Waals surface area contributed by atoms with Crippen LogP contribution in [0.15, 0.2) is 77.6 Å². The predicted octanol–water partition coefficient (Wildman–Crippen LogP) is 4.28. The number of likely N-dealkylation sites (N-methyl/N-ethyl adjacent to an activating group) is 1. The molecule has 0 aliphatic carbocycles. The van der Waals surface area contributed by atoms with Crippen molar-refractivity contribution in [2.24, 2.45) is 0 Å². The summed E-state index contributed by atoms with van der Waals surface area (Å²) < 4.78 is 12.7. The number of fused-ring (bicyclic) bond motifs is 2. The molecule has 4 aromatic rings. The zero-order valence-electron chi connectivity index (χ0n) is 18.9. The highest BCUT2D eigenvalue weighted by atomic mass is 16.5.